The second kappa shape index (κ2) is 41.1. The van der Waals surface area contributed by atoms with E-state index in [9.17, 15) is 14.4 Å². The monoisotopic (exact) mass is 765 g/mol. The Balaban J connectivity index is 4.33. The fraction of sp³-hybridized carbons (Fsp3) is 0.938. The van der Waals surface area contributed by atoms with Gasteiger partial charge in [0.25, 0.3) is 0 Å². The van der Waals surface area contributed by atoms with Crippen LogP contribution in [0.5, 0.6) is 0 Å². The van der Waals surface area contributed by atoms with Crippen LogP contribution in [0.4, 0.5) is 0 Å². The molecule has 0 radical (unpaired) electrons. The Hall–Kier alpha value is -1.59. The fourth-order valence-corrected chi connectivity index (χ4v) is 7.11. The van der Waals surface area contributed by atoms with Gasteiger partial charge in [0.15, 0.2) is 6.10 Å². The van der Waals surface area contributed by atoms with Crippen LogP contribution >= 0.6 is 0 Å². The summed E-state index contributed by atoms with van der Waals surface area (Å²) in [6.45, 7) is 11.3. The van der Waals surface area contributed by atoms with E-state index in [4.69, 9.17) is 14.2 Å². The number of ether oxygens (including phenoxy) is 3. The molecular weight excluding hydrogens is 673 g/mol. The van der Waals surface area contributed by atoms with E-state index < -0.39 is 6.10 Å². The minimum atomic E-state index is -0.760. The van der Waals surface area contributed by atoms with Crippen molar-refractivity contribution in [2.24, 2.45) is 11.8 Å². The lowest BCUT2D eigenvalue weighted by molar-refractivity contribution is -0.167. The van der Waals surface area contributed by atoms with E-state index in [0.29, 0.717) is 19.3 Å². The van der Waals surface area contributed by atoms with Crippen molar-refractivity contribution >= 4 is 17.9 Å². The van der Waals surface area contributed by atoms with Gasteiger partial charge in [-0.05, 0) is 31.1 Å². The van der Waals surface area contributed by atoms with Crippen LogP contribution in [-0.4, -0.2) is 37.2 Å². The van der Waals surface area contributed by atoms with Crippen molar-refractivity contribution < 1.29 is 28.6 Å². The van der Waals surface area contributed by atoms with Crippen LogP contribution in [-0.2, 0) is 28.6 Å². The summed E-state index contributed by atoms with van der Waals surface area (Å²) in [5, 5.41) is 0. The Labute approximate surface area is 336 Å². The normalized spacial score (nSPS) is 12.1. The maximum absolute atomic E-state index is 12.7. The predicted octanol–water partition coefficient (Wildman–Crippen LogP) is 15.0. The second-order valence-corrected chi connectivity index (χ2v) is 17.3. The summed E-state index contributed by atoms with van der Waals surface area (Å²) in [7, 11) is 0. The number of carbonyl (C=O) groups excluding carboxylic acids is 3. The summed E-state index contributed by atoms with van der Waals surface area (Å²) in [6.07, 6.45) is 39.4. The highest BCUT2D eigenvalue weighted by atomic mass is 16.6. The lowest BCUT2D eigenvalue weighted by Crippen LogP contribution is -2.30. The van der Waals surface area contributed by atoms with Crippen LogP contribution in [0.3, 0.4) is 0 Å². The van der Waals surface area contributed by atoms with Gasteiger partial charge in [-0.25, -0.2) is 0 Å². The van der Waals surface area contributed by atoms with Crippen molar-refractivity contribution in [1.29, 1.82) is 0 Å². The average Bonchev–Trinajstić information content (AvgIpc) is 3.14. The van der Waals surface area contributed by atoms with Crippen molar-refractivity contribution in [3.8, 4) is 0 Å². The highest BCUT2D eigenvalue weighted by molar-refractivity contribution is 5.71. The van der Waals surface area contributed by atoms with Gasteiger partial charge >= 0.3 is 17.9 Å². The molecule has 0 unspecified atom stereocenters. The van der Waals surface area contributed by atoms with E-state index in [0.717, 1.165) is 69.6 Å². The van der Waals surface area contributed by atoms with E-state index in [2.05, 4.69) is 34.6 Å². The lowest BCUT2D eigenvalue weighted by atomic mass is 10.0. The molecule has 54 heavy (non-hydrogen) atoms. The van der Waals surface area contributed by atoms with E-state index in [1.54, 1.807) is 0 Å². The first-order valence-electron chi connectivity index (χ1n) is 23.7. The van der Waals surface area contributed by atoms with Crippen molar-refractivity contribution in [3.63, 3.8) is 0 Å². The molecule has 0 aromatic heterocycles. The predicted molar refractivity (Wildman–Crippen MR) is 229 cm³/mol. The first-order valence-corrected chi connectivity index (χ1v) is 23.7. The zero-order valence-electron chi connectivity index (χ0n) is 36.8. The number of esters is 3. The van der Waals surface area contributed by atoms with E-state index in [1.165, 1.54) is 148 Å². The third kappa shape index (κ3) is 41.6. The first-order chi connectivity index (χ1) is 26.2. The molecule has 0 N–H and O–H groups in total. The van der Waals surface area contributed by atoms with Gasteiger partial charge in [-0.15, -0.1) is 0 Å². The van der Waals surface area contributed by atoms with Crippen LogP contribution in [0, 0.1) is 11.8 Å². The molecule has 6 heteroatoms. The summed E-state index contributed by atoms with van der Waals surface area (Å²) in [5.41, 5.74) is 0. The van der Waals surface area contributed by atoms with Gasteiger partial charge in [-0.2, -0.15) is 0 Å². The fourth-order valence-electron chi connectivity index (χ4n) is 7.11. The van der Waals surface area contributed by atoms with Crippen LogP contribution in [0.15, 0.2) is 0 Å². The largest absolute Gasteiger partial charge is 0.462 e. The van der Waals surface area contributed by atoms with Crippen LogP contribution in [0.2, 0.25) is 0 Å². The zero-order chi connectivity index (χ0) is 39.7. The van der Waals surface area contributed by atoms with Gasteiger partial charge < -0.3 is 14.2 Å². The minimum Gasteiger partial charge on any atom is -0.462 e. The van der Waals surface area contributed by atoms with E-state index >= 15 is 0 Å². The highest BCUT2D eigenvalue weighted by Gasteiger charge is 2.19. The molecule has 0 aliphatic rings. The van der Waals surface area contributed by atoms with Crippen LogP contribution in [0.1, 0.15) is 259 Å². The maximum atomic E-state index is 12.7. The van der Waals surface area contributed by atoms with Crippen molar-refractivity contribution in [3.05, 3.63) is 0 Å². The highest BCUT2D eigenvalue weighted by Crippen LogP contribution is 2.17. The number of hydrogen-bond acceptors (Lipinski definition) is 6. The van der Waals surface area contributed by atoms with E-state index in [1.807, 2.05) is 0 Å². The van der Waals surface area contributed by atoms with Gasteiger partial charge in [-0.1, -0.05) is 221 Å². The third-order valence-electron chi connectivity index (χ3n) is 10.7. The standard InChI is InChI=1S/C48H92O6/c1-6-7-8-9-10-11-12-13-18-25-30-35-40-48(51)54-45(42-53-47(50)39-34-29-24-20-19-22-27-32-37-44(4)5)41-52-46(49)38-33-28-23-17-15-14-16-21-26-31-36-43(2)3/h43-45H,6-42H2,1-5H3/t45-/m0/s1. The summed E-state index contributed by atoms with van der Waals surface area (Å²) >= 11 is 0. The topological polar surface area (TPSA) is 78.9 Å². The molecule has 0 spiro atoms. The second-order valence-electron chi connectivity index (χ2n) is 17.3. The van der Waals surface area contributed by atoms with Crippen LogP contribution < -0.4 is 0 Å². The molecule has 0 saturated carbocycles. The number of hydrogen-bond donors (Lipinski definition) is 0. The number of carbonyl (C=O) groups is 3. The SMILES string of the molecule is CCCCCCCCCCCCCCC(=O)O[C@@H](COC(=O)CCCCCCCCCCCCC(C)C)COC(=O)CCCCCCCCCCC(C)C. The first kappa shape index (κ1) is 52.4. The quantitative estimate of drug-likeness (QED) is 0.0350. The Kier molecular flexibility index (Phi) is 39.8. The molecule has 0 rings (SSSR count). The molecular formula is C48H92O6. The van der Waals surface area contributed by atoms with Gasteiger partial charge in [0.05, 0.1) is 0 Å². The minimum absolute atomic E-state index is 0.0648. The molecule has 0 fully saturated rings. The third-order valence-corrected chi connectivity index (χ3v) is 10.7. The molecule has 6 nitrogen and oxygen atoms in total. The smallest absolute Gasteiger partial charge is 0.306 e. The molecule has 0 aromatic rings. The lowest BCUT2D eigenvalue weighted by Gasteiger charge is -2.18. The van der Waals surface area contributed by atoms with Crippen LogP contribution in [0.25, 0.3) is 0 Å². The summed E-state index contributed by atoms with van der Waals surface area (Å²) in [5.74, 6) is 0.759. The molecule has 0 amide bonds. The van der Waals surface area contributed by atoms with Gasteiger partial charge in [-0.3, -0.25) is 14.4 Å². The van der Waals surface area contributed by atoms with E-state index in [-0.39, 0.29) is 31.1 Å². The van der Waals surface area contributed by atoms with Crippen molar-refractivity contribution in [2.45, 2.75) is 265 Å². The summed E-state index contributed by atoms with van der Waals surface area (Å²) in [4.78, 5) is 37.8. The summed E-state index contributed by atoms with van der Waals surface area (Å²) in [6, 6.07) is 0. The molecule has 0 bridgehead atoms. The molecule has 0 aliphatic carbocycles. The van der Waals surface area contributed by atoms with Gasteiger partial charge in [0.1, 0.15) is 13.2 Å². The number of unbranched alkanes of at least 4 members (excludes halogenated alkanes) is 27. The Morgan fingerprint density at radius 1 is 0.352 bits per heavy atom. The molecule has 1 atom stereocenters. The Bertz CT molecular complexity index is 824. The van der Waals surface area contributed by atoms with Crippen molar-refractivity contribution in [2.75, 3.05) is 13.2 Å². The summed E-state index contributed by atoms with van der Waals surface area (Å²) < 4.78 is 16.7. The van der Waals surface area contributed by atoms with Gasteiger partial charge in [0, 0.05) is 19.3 Å². The molecule has 0 heterocycles. The van der Waals surface area contributed by atoms with Crippen molar-refractivity contribution in [1.82, 2.24) is 0 Å². The van der Waals surface area contributed by atoms with Gasteiger partial charge in [0.2, 0.25) is 0 Å². The zero-order valence-corrected chi connectivity index (χ0v) is 36.8. The maximum Gasteiger partial charge on any atom is 0.306 e. The Morgan fingerprint density at radius 3 is 0.907 bits per heavy atom. The molecule has 0 saturated heterocycles. The molecule has 320 valence electrons. The Morgan fingerprint density at radius 2 is 0.611 bits per heavy atom. The molecule has 0 aromatic carbocycles. The number of rotatable bonds is 42. The average molecular weight is 765 g/mol. The molecule has 0 aliphatic heterocycles.